The molecule has 0 aliphatic heterocycles. The summed E-state index contributed by atoms with van der Waals surface area (Å²) in [5, 5.41) is 3.10. The van der Waals surface area contributed by atoms with Crippen LogP contribution in [0.1, 0.15) is 28.6 Å². The Morgan fingerprint density at radius 1 is 1.00 bits per heavy atom. The van der Waals surface area contributed by atoms with Crippen LogP contribution in [0.5, 0.6) is 0 Å². The van der Waals surface area contributed by atoms with Gasteiger partial charge in [0.25, 0.3) is 0 Å². The molecular formula is C24H19NO8S. The fourth-order valence-corrected chi connectivity index (χ4v) is 4.76. The Hall–Kier alpha value is -4.18. The van der Waals surface area contributed by atoms with Gasteiger partial charge in [-0.15, -0.1) is 0 Å². The number of furan rings is 1. The van der Waals surface area contributed by atoms with Crippen molar-refractivity contribution in [3.63, 3.8) is 0 Å². The number of ether oxygens (including phenoxy) is 1. The third-order valence-electron chi connectivity index (χ3n) is 4.89. The number of nitrogens with one attached hydrogen (secondary N) is 1. The minimum absolute atomic E-state index is 0.122. The Labute approximate surface area is 193 Å². The van der Waals surface area contributed by atoms with Crippen LogP contribution < -0.4 is 10.9 Å². The highest BCUT2D eigenvalue weighted by molar-refractivity contribution is 7.90. The first-order valence-electron chi connectivity index (χ1n) is 10.1. The molecule has 1 amide bonds. The van der Waals surface area contributed by atoms with Crippen LogP contribution in [0.2, 0.25) is 0 Å². The molecule has 2 heterocycles. The number of amides is 1. The molecule has 4 aromatic rings. The molecular weight excluding hydrogens is 462 g/mol. The molecule has 34 heavy (non-hydrogen) atoms. The van der Waals surface area contributed by atoms with Crippen molar-refractivity contribution in [2.24, 2.45) is 0 Å². The first kappa shape index (κ1) is 23.0. The minimum Gasteiger partial charge on any atom is -0.457 e. The lowest BCUT2D eigenvalue weighted by Crippen LogP contribution is -2.11. The van der Waals surface area contributed by atoms with Crippen molar-refractivity contribution in [3.05, 3.63) is 94.2 Å². The summed E-state index contributed by atoms with van der Waals surface area (Å²) in [5.74, 6) is -1.84. The normalized spacial score (nSPS) is 11.3. The van der Waals surface area contributed by atoms with Gasteiger partial charge in [0, 0.05) is 41.3 Å². The largest absolute Gasteiger partial charge is 0.457 e. The zero-order chi connectivity index (χ0) is 24.3. The Balaban J connectivity index is 1.54. The molecule has 0 spiro atoms. The third kappa shape index (κ3) is 5.07. The number of fused-ring (bicyclic) bond motifs is 1. The smallest absolute Gasteiger partial charge is 0.374 e. The van der Waals surface area contributed by atoms with Crippen LogP contribution in [-0.4, -0.2) is 20.3 Å². The number of rotatable bonds is 7. The molecule has 2 aromatic heterocycles. The van der Waals surface area contributed by atoms with Gasteiger partial charge in [0.05, 0.1) is 16.9 Å². The van der Waals surface area contributed by atoms with E-state index in [0.717, 1.165) is 0 Å². The highest BCUT2D eigenvalue weighted by Crippen LogP contribution is 2.24. The summed E-state index contributed by atoms with van der Waals surface area (Å²) in [7, 11) is -3.71. The molecule has 0 unspecified atom stereocenters. The van der Waals surface area contributed by atoms with E-state index < -0.39 is 27.2 Å². The van der Waals surface area contributed by atoms with Gasteiger partial charge in [0.15, 0.2) is 9.84 Å². The highest BCUT2D eigenvalue weighted by atomic mass is 32.2. The lowest BCUT2D eigenvalue weighted by atomic mass is 10.1. The van der Waals surface area contributed by atoms with Gasteiger partial charge in [0.1, 0.15) is 12.2 Å². The molecule has 0 saturated carbocycles. The van der Waals surface area contributed by atoms with E-state index in [1.54, 1.807) is 30.3 Å². The maximum atomic E-state index is 12.7. The van der Waals surface area contributed by atoms with E-state index in [4.69, 9.17) is 13.6 Å². The summed E-state index contributed by atoms with van der Waals surface area (Å²) in [6.07, 6.45) is 1.21. The van der Waals surface area contributed by atoms with Crippen molar-refractivity contribution < 1.29 is 31.6 Å². The van der Waals surface area contributed by atoms with Crippen LogP contribution in [0.15, 0.2) is 85.5 Å². The molecule has 10 heteroatoms. The van der Waals surface area contributed by atoms with Crippen molar-refractivity contribution >= 4 is 38.4 Å². The molecule has 1 N–H and O–H groups in total. The number of anilines is 1. The monoisotopic (exact) mass is 481 g/mol. The molecule has 4 rings (SSSR count). The first-order chi connectivity index (χ1) is 16.2. The zero-order valence-corrected chi connectivity index (χ0v) is 18.8. The van der Waals surface area contributed by atoms with Gasteiger partial charge >= 0.3 is 11.6 Å². The van der Waals surface area contributed by atoms with Gasteiger partial charge in [-0.1, -0.05) is 18.2 Å². The molecule has 2 aromatic carbocycles. The van der Waals surface area contributed by atoms with E-state index in [0.29, 0.717) is 16.6 Å². The van der Waals surface area contributed by atoms with Crippen LogP contribution in [0.3, 0.4) is 0 Å². The fourth-order valence-electron chi connectivity index (χ4n) is 3.38. The van der Waals surface area contributed by atoms with Crippen LogP contribution >= 0.6 is 0 Å². The minimum atomic E-state index is -3.71. The van der Waals surface area contributed by atoms with Crippen molar-refractivity contribution in [1.82, 2.24) is 0 Å². The second-order valence-electron chi connectivity index (χ2n) is 7.41. The van der Waals surface area contributed by atoms with Gasteiger partial charge in [-0.25, -0.2) is 18.0 Å². The highest BCUT2D eigenvalue weighted by Gasteiger charge is 2.23. The quantitative estimate of drug-likeness (QED) is 0.312. The molecule has 0 aliphatic rings. The summed E-state index contributed by atoms with van der Waals surface area (Å²) in [6, 6.07) is 15.2. The molecule has 9 nitrogen and oxygen atoms in total. The number of sulfone groups is 1. The van der Waals surface area contributed by atoms with Gasteiger partial charge in [-0.3, -0.25) is 4.79 Å². The fraction of sp³-hybridized carbons (Fsp3) is 0.125. The number of carbonyl (C=O) groups excluding carboxylic acids is 2. The van der Waals surface area contributed by atoms with Crippen molar-refractivity contribution in [1.29, 1.82) is 0 Å². The number of esters is 1. The molecule has 174 valence electrons. The molecule has 0 fully saturated rings. The van der Waals surface area contributed by atoms with E-state index in [1.807, 2.05) is 0 Å². The Morgan fingerprint density at radius 3 is 2.50 bits per heavy atom. The van der Waals surface area contributed by atoms with Crippen molar-refractivity contribution in [2.75, 3.05) is 5.32 Å². The maximum absolute atomic E-state index is 12.7. The van der Waals surface area contributed by atoms with Crippen LogP contribution in [0, 0.1) is 0 Å². The third-order valence-corrected chi connectivity index (χ3v) is 6.57. The summed E-state index contributed by atoms with van der Waals surface area (Å²) >= 11 is 0. The van der Waals surface area contributed by atoms with Gasteiger partial charge < -0.3 is 18.9 Å². The topological polar surface area (TPSA) is 133 Å². The predicted molar refractivity (Wildman–Crippen MR) is 122 cm³/mol. The molecule has 0 bridgehead atoms. The van der Waals surface area contributed by atoms with E-state index >= 15 is 0 Å². The summed E-state index contributed by atoms with van der Waals surface area (Å²) in [5.41, 5.74) is 0.519. The average Bonchev–Trinajstić information content (AvgIpc) is 3.24. The number of hydrogen-bond donors (Lipinski definition) is 1. The number of carbonyl (C=O) groups is 2. The van der Waals surface area contributed by atoms with Crippen molar-refractivity contribution in [3.8, 4) is 0 Å². The molecule has 0 aliphatic carbocycles. The lowest BCUT2D eigenvalue weighted by molar-refractivity contribution is -0.114. The Morgan fingerprint density at radius 2 is 1.76 bits per heavy atom. The second-order valence-corrected chi connectivity index (χ2v) is 9.40. The van der Waals surface area contributed by atoms with Crippen LogP contribution in [0.4, 0.5) is 5.69 Å². The first-order valence-corrected chi connectivity index (χ1v) is 11.7. The van der Waals surface area contributed by atoms with Crippen molar-refractivity contribution in [2.45, 2.75) is 24.2 Å². The molecule has 0 atom stereocenters. The predicted octanol–water partition coefficient (Wildman–Crippen LogP) is 3.68. The number of benzene rings is 2. The Kier molecular flexibility index (Phi) is 6.33. The van der Waals surface area contributed by atoms with E-state index in [9.17, 15) is 22.8 Å². The van der Waals surface area contributed by atoms with E-state index in [2.05, 4.69) is 5.32 Å². The number of hydrogen-bond acceptors (Lipinski definition) is 8. The lowest BCUT2D eigenvalue weighted by Gasteiger charge is -2.09. The van der Waals surface area contributed by atoms with Gasteiger partial charge in [-0.05, 0) is 30.3 Å². The summed E-state index contributed by atoms with van der Waals surface area (Å²) in [6.45, 7) is 1.07. The van der Waals surface area contributed by atoms with E-state index in [-0.39, 0.29) is 34.3 Å². The molecule has 0 radical (unpaired) electrons. The van der Waals surface area contributed by atoms with E-state index in [1.165, 1.54) is 43.5 Å². The van der Waals surface area contributed by atoms with Gasteiger partial charge in [-0.2, -0.15) is 0 Å². The Bertz CT molecular complexity index is 1530. The second kappa shape index (κ2) is 9.36. The summed E-state index contributed by atoms with van der Waals surface area (Å²) < 4.78 is 41.0. The zero-order valence-electron chi connectivity index (χ0n) is 17.9. The molecule has 0 saturated heterocycles. The van der Waals surface area contributed by atoms with Crippen LogP contribution in [-0.2, 0) is 31.7 Å². The summed E-state index contributed by atoms with van der Waals surface area (Å²) in [4.78, 5) is 36.0. The standard InChI is InChI=1S/C24H19NO8S/c1-15(26)25-18-7-8-20-17(11-22(27)33-21(20)12-18)13-32-24(28)23-16(9-10-31-23)14-34(29,30)19-5-3-2-4-6-19/h2-12H,13-14H2,1H3,(H,25,26). The van der Waals surface area contributed by atoms with Gasteiger partial charge in [0.2, 0.25) is 11.7 Å². The SMILES string of the molecule is CC(=O)Nc1ccc2c(COC(=O)c3occc3CS(=O)(=O)c3ccccc3)cc(=O)oc2c1. The average molecular weight is 481 g/mol. The maximum Gasteiger partial charge on any atom is 0.374 e. The van der Waals surface area contributed by atoms with Crippen LogP contribution in [0.25, 0.3) is 11.0 Å².